The van der Waals surface area contributed by atoms with Crippen molar-refractivity contribution in [3.05, 3.63) is 23.8 Å². The molecule has 1 heteroatoms. The predicted molar refractivity (Wildman–Crippen MR) is 67.1 cm³/mol. The maximum Gasteiger partial charge on any atom is 0.140 e. The van der Waals surface area contributed by atoms with Crippen LogP contribution in [0.15, 0.2) is 23.8 Å². The minimum Gasteiger partial charge on any atom is -0.299 e. The summed E-state index contributed by atoms with van der Waals surface area (Å²) in [5.74, 6) is 1.43. The maximum absolute atomic E-state index is 12.2. The van der Waals surface area contributed by atoms with Gasteiger partial charge >= 0.3 is 0 Å². The van der Waals surface area contributed by atoms with Gasteiger partial charge in [-0.15, -0.1) is 0 Å². The Kier molecular flexibility index (Phi) is 3.05. The quantitative estimate of drug-likeness (QED) is 0.654. The number of hydrogen-bond donors (Lipinski definition) is 0. The third-order valence-corrected chi connectivity index (χ3v) is 4.33. The molecule has 0 aromatic carbocycles. The lowest BCUT2D eigenvalue weighted by Crippen LogP contribution is -2.29. The fourth-order valence-corrected chi connectivity index (χ4v) is 3.32. The van der Waals surface area contributed by atoms with Gasteiger partial charge in [0, 0.05) is 12.3 Å². The number of allylic oxidation sites excluding steroid dienone is 4. The summed E-state index contributed by atoms with van der Waals surface area (Å²) in [6.07, 6.45) is 10.8. The van der Waals surface area contributed by atoms with E-state index in [1.807, 2.05) is 0 Å². The van der Waals surface area contributed by atoms with Crippen LogP contribution in [0.2, 0.25) is 0 Å². The average Bonchev–Trinajstić information content (AvgIpc) is 2.83. The van der Waals surface area contributed by atoms with Crippen LogP contribution in [0.5, 0.6) is 0 Å². The van der Waals surface area contributed by atoms with Gasteiger partial charge in [-0.05, 0) is 44.4 Å². The van der Waals surface area contributed by atoms with E-state index < -0.39 is 0 Å². The van der Waals surface area contributed by atoms with Crippen molar-refractivity contribution in [3.63, 3.8) is 0 Å². The van der Waals surface area contributed by atoms with Crippen molar-refractivity contribution in [1.29, 1.82) is 0 Å². The molecule has 2 aliphatic carbocycles. The van der Waals surface area contributed by atoms with Crippen LogP contribution in [0.4, 0.5) is 0 Å². The molecular weight excluding hydrogens is 196 g/mol. The van der Waals surface area contributed by atoms with E-state index in [-0.39, 0.29) is 5.41 Å². The van der Waals surface area contributed by atoms with Crippen LogP contribution < -0.4 is 0 Å². The van der Waals surface area contributed by atoms with Gasteiger partial charge in [-0.3, -0.25) is 4.79 Å². The monoisotopic (exact) mass is 218 g/mol. The number of carbonyl (C=O) groups is 1. The van der Waals surface area contributed by atoms with E-state index in [1.54, 1.807) is 0 Å². The molecule has 3 atom stereocenters. The molecule has 0 aliphatic heterocycles. The van der Waals surface area contributed by atoms with Gasteiger partial charge in [-0.1, -0.05) is 30.7 Å². The number of hydrogen-bond acceptors (Lipinski definition) is 1. The van der Waals surface area contributed by atoms with Gasteiger partial charge in [0.1, 0.15) is 5.78 Å². The Morgan fingerprint density at radius 2 is 2.25 bits per heavy atom. The first-order valence-corrected chi connectivity index (χ1v) is 6.43. The Morgan fingerprint density at radius 3 is 2.81 bits per heavy atom. The van der Waals surface area contributed by atoms with Gasteiger partial charge in [-0.25, -0.2) is 0 Å². The largest absolute Gasteiger partial charge is 0.299 e. The second kappa shape index (κ2) is 4.20. The fourth-order valence-electron chi connectivity index (χ4n) is 3.32. The first kappa shape index (κ1) is 11.6. The second-order valence-corrected chi connectivity index (χ2v) is 5.65. The minimum absolute atomic E-state index is 0.219. The molecule has 1 nitrogen and oxygen atoms in total. The highest BCUT2D eigenvalue weighted by atomic mass is 16.1. The molecule has 2 bridgehead atoms. The van der Waals surface area contributed by atoms with Gasteiger partial charge in [0.25, 0.3) is 0 Å². The number of carbonyl (C=O) groups excluding carboxylic acids is 1. The SMILES string of the molecule is CCC12C=CC(CC1C(=O)CC=C(C)C)C2. The molecule has 1 saturated carbocycles. The molecule has 0 aromatic rings. The average molecular weight is 218 g/mol. The summed E-state index contributed by atoms with van der Waals surface area (Å²) in [7, 11) is 0. The lowest BCUT2D eigenvalue weighted by Gasteiger charge is -2.30. The molecule has 0 aromatic heterocycles. The lowest BCUT2D eigenvalue weighted by atomic mass is 9.73. The Morgan fingerprint density at radius 1 is 1.50 bits per heavy atom. The van der Waals surface area contributed by atoms with Crippen molar-refractivity contribution >= 4 is 5.78 Å². The molecule has 16 heavy (non-hydrogen) atoms. The van der Waals surface area contributed by atoms with Gasteiger partial charge < -0.3 is 0 Å². The second-order valence-electron chi connectivity index (χ2n) is 5.65. The topological polar surface area (TPSA) is 17.1 Å². The van der Waals surface area contributed by atoms with Gasteiger partial charge in [-0.2, -0.15) is 0 Å². The third kappa shape index (κ3) is 1.88. The first-order valence-electron chi connectivity index (χ1n) is 6.43. The van der Waals surface area contributed by atoms with Crippen LogP contribution in [0, 0.1) is 17.3 Å². The molecule has 0 radical (unpaired) electrons. The maximum atomic E-state index is 12.2. The third-order valence-electron chi connectivity index (χ3n) is 4.33. The Bertz CT molecular complexity index is 346. The summed E-state index contributed by atoms with van der Waals surface area (Å²) >= 11 is 0. The Hall–Kier alpha value is -0.850. The van der Waals surface area contributed by atoms with E-state index in [4.69, 9.17) is 0 Å². The van der Waals surface area contributed by atoms with E-state index in [0.717, 1.165) is 12.8 Å². The van der Waals surface area contributed by atoms with Crippen LogP contribution in [-0.2, 0) is 4.79 Å². The van der Waals surface area contributed by atoms with Crippen LogP contribution in [0.1, 0.15) is 46.5 Å². The Labute approximate surface area is 98.6 Å². The number of ketones is 1. The van der Waals surface area contributed by atoms with Crippen LogP contribution >= 0.6 is 0 Å². The minimum atomic E-state index is 0.219. The van der Waals surface area contributed by atoms with Crippen molar-refractivity contribution in [1.82, 2.24) is 0 Å². The molecule has 0 saturated heterocycles. The normalized spacial score (nSPS) is 35.4. The molecule has 1 fully saturated rings. The lowest BCUT2D eigenvalue weighted by molar-refractivity contribution is -0.124. The van der Waals surface area contributed by atoms with Crippen molar-refractivity contribution < 1.29 is 4.79 Å². The molecule has 0 amide bonds. The van der Waals surface area contributed by atoms with Gasteiger partial charge in [0.15, 0.2) is 0 Å². The molecular formula is C15H22O. The zero-order chi connectivity index (χ0) is 11.8. The highest BCUT2D eigenvalue weighted by Gasteiger charge is 2.49. The summed E-state index contributed by atoms with van der Waals surface area (Å²) in [5.41, 5.74) is 1.47. The van der Waals surface area contributed by atoms with Crippen molar-refractivity contribution in [2.24, 2.45) is 17.3 Å². The first-order chi connectivity index (χ1) is 7.57. The molecule has 2 rings (SSSR count). The van der Waals surface area contributed by atoms with Crippen molar-refractivity contribution in [2.45, 2.75) is 46.5 Å². The van der Waals surface area contributed by atoms with E-state index in [9.17, 15) is 4.79 Å². The summed E-state index contributed by atoms with van der Waals surface area (Å²) in [6, 6.07) is 0. The summed E-state index contributed by atoms with van der Waals surface area (Å²) in [6.45, 7) is 6.34. The predicted octanol–water partition coefficient (Wildman–Crippen LogP) is 3.90. The smallest absolute Gasteiger partial charge is 0.140 e. The summed E-state index contributed by atoms with van der Waals surface area (Å²) in [4.78, 5) is 12.2. The van der Waals surface area contributed by atoms with Gasteiger partial charge in [0.05, 0.1) is 0 Å². The van der Waals surface area contributed by atoms with Crippen LogP contribution in [0.25, 0.3) is 0 Å². The summed E-state index contributed by atoms with van der Waals surface area (Å²) < 4.78 is 0. The molecule has 2 aliphatic rings. The fraction of sp³-hybridized carbons (Fsp3) is 0.667. The molecule has 0 N–H and O–H groups in total. The Balaban J connectivity index is 2.08. The van der Waals surface area contributed by atoms with E-state index in [1.165, 1.54) is 12.0 Å². The molecule has 0 spiro atoms. The van der Waals surface area contributed by atoms with Crippen LogP contribution in [-0.4, -0.2) is 5.78 Å². The standard InChI is InChI=1S/C15H22O/c1-4-15-8-7-12(10-15)9-13(15)14(16)6-5-11(2)3/h5,7-8,12-13H,4,6,9-10H2,1-3H3. The zero-order valence-electron chi connectivity index (χ0n) is 10.6. The molecule has 3 unspecified atom stereocenters. The van der Waals surface area contributed by atoms with Crippen LogP contribution in [0.3, 0.4) is 0 Å². The highest BCUT2D eigenvalue weighted by Crippen LogP contribution is 2.55. The van der Waals surface area contributed by atoms with E-state index >= 15 is 0 Å². The summed E-state index contributed by atoms with van der Waals surface area (Å²) in [5, 5.41) is 0. The van der Waals surface area contributed by atoms with Gasteiger partial charge in [0.2, 0.25) is 0 Å². The van der Waals surface area contributed by atoms with E-state index in [2.05, 4.69) is 39.0 Å². The zero-order valence-corrected chi connectivity index (χ0v) is 10.6. The van der Waals surface area contributed by atoms with Crippen molar-refractivity contribution in [3.8, 4) is 0 Å². The molecule has 88 valence electrons. The highest BCUT2D eigenvalue weighted by molar-refractivity contribution is 5.84. The molecule has 0 heterocycles. The van der Waals surface area contributed by atoms with Crippen molar-refractivity contribution in [2.75, 3.05) is 0 Å². The number of fused-ring (bicyclic) bond motifs is 2. The number of rotatable bonds is 4. The van der Waals surface area contributed by atoms with E-state index in [0.29, 0.717) is 24.0 Å². The number of Topliss-reactive ketones (excluding diaryl/α,β-unsaturated/α-hetero) is 1.